The molecule has 4 nitrogen and oxygen atoms in total. The fraction of sp³-hybridized carbons (Fsp3) is 0.680. The molecule has 0 aliphatic heterocycles. The largest absolute Gasteiger partial charge is 0.393 e. The van der Waals surface area contributed by atoms with Crippen LogP contribution in [-0.2, 0) is 9.84 Å². The first-order valence-electron chi connectivity index (χ1n) is 11.3. The summed E-state index contributed by atoms with van der Waals surface area (Å²) < 4.78 is 22.9. The van der Waals surface area contributed by atoms with Crippen LogP contribution in [0.3, 0.4) is 0 Å². The summed E-state index contributed by atoms with van der Waals surface area (Å²) in [4.78, 5) is 0. The van der Waals surface area contributed by atoms with E-state index in [4.69, 9.17) is 0 Å². The summed E-state index contributed by atoms with van der Waals surface area (Å²) in [5, 5.41) is 20.1. The SMILES string of the molecule is C=C1/C(=C\C=C2/CCC[C@]3(C)C([C@H](C)CCCS(C)(=O)=O)=CC[C@@H]23)C[C@@H](O)C[C@@H]1O. The summed E-state index contributed by atoms with van der Waals surface area (Å²) in [7, 11) is -2.90. The number of allylic oxidation sites excluding steroid dienone is 5. The Kier molecular flexibility index (Phi) is 7.15. The van der Waals surface area contributed by atoms with Gasteiger partial charge in [0, 0.05) is 18.4 Å². The lowest BCUT2D eigenvalue weighted by atomic mass is 9.62. The van der Waals surface area contributed by atoms with Crippen LogP contribution in [0.25, 0.3) is 0 Å². The molecule has 0 bridgehead atoms. The smallest absolute Gasteiger partial charge is 0.147 e. The third-order valence-electron chi connectivity index (χ3n) is 7.56. The van der Waals surface area contributed by atoms with Crippen molar-refractivity contribution >= 4 is 9.84 Å². The van der Waals surface area contributed by atoms with Crippen LogP contribution in [-0.4, -0.2) is 42.8 Å². The third-order valence-corrected chi connectivity index (χ3v) is 8.59. The number of hydrogen-bond acceptors (Lipinski definition) is 4. The van der Waals surface area contributed by atoms with E-state index >= 15 is 0 Å². The van der Waals surface area contributed by atoms with Crippen LogP contribution in [0.5, 0.6) is 0 Å². The Morgan fingerprint density at radius 1 is 1.33 bits per heavy atom. The molecule has 2 fully saturated rings. The quantitative estimate of drug-likeness (QED) is 0.603. The van der Waals surface area contributed by atoms with Gasteiger partial charge in [0.25, 0.3) is 0 Å². The van der Waals surface area contributed by atoms with Gasteiger partial charge < -0.3 is 10.2 Å². The van der Waals surface area contributed by atoms with Gasteiger partial charge in [-0.3, -0.25) is 0 Å². The number of sulfone groups is 1. The highest BCUT2D eigenvalue weighted by Crippen LogP contribution is 2.57. The third kappa shape index (κ3) is 5.17. The highest BCUT2D eigenvalue weighted by molar-refractivity contribution is 7.90. The van der Waals surface area contributed by atoms with Crippen molar-refractivity contribution in [3.05, 3.63) is 47.1 Å². The van der Waals surface area contributed by atoms with Crippen molar-refractivity contribution < 1.29 is 18.6 Å². The predicted molar refractivity (Wildman–Crippen MR) is 123 cm³/mol. The minimum absolute atomic E-state index is 0.149. The first kappa shape index (κ1) is 23.5. The fourth-order valence-corrected chi connectivity index (χ4v) is 6.58. The molecule has 5 heteroatoms. The Hall–Kier alpha value is -1.17. The summed E-state index contributed by atoms with van der Waals surface area (Å²) in [6.07, 6.45) is 13.9. The second-order valence-electron chi connectivity index (χ2n) is 9.96. The molecule has 0 spiro atoms. The van der Waals surface area contributed by atoms with E-state index in [-0.39, 0.29) is 11.2 Å². The number of rotatable bonds is 6. The standard InChI is InChI=1S/C25H38O4S/c1-17(7-6-14-30(4,28)29)22-11-12-23-19(8-5-13-25(22,23)3)9-10-20-15-21(26)16-24(27)18(20)2/h9-11,17,21,23-24,26-27H,2,5-8,12-16H2,1,3-4H3/b19-9+,20-10-/t17-,21-,23+,24+,25-/m1/s1. The molecular formula is C25H38O4S. The van der Waals surface area contributed by atoms with Gasteiger partial charge in [-0.15, -0.1) is 0 Å². The Labute approximate surface area is 182 Å². The molecule has 3 rings (SSSR count). The van der Waals surface area contributed by atoms with E-state index in [2.05, 4.69) is 38.7 Å². The van der Waals surface area contributed by atoms with Crippen LogP contribution in [0.1, 0.15) is 65.2 Å². The van der Waals surface area contributed by atoms with Crippen molar-refractivity contribution in [2.75, 3.05) is 12.0 Å². The van der Waals surface area contributed by atoms with Crippen LogP contribution in [0.4, 0.5) is 0 Å². The lowest BCUT2D eigenvalue weighted by Crippen LogP contribution is -2.32. The van der Waals surface area contributed by atoms with Gasteiger partial charge in [-0.2, -0.15) is 0 Å². The van der Waals surface area contributed by atoms with Gasteiger partial charge in [-0.05, 0) is 73.3 Å². The van der Waals surface area contributed by atoms with Crippen molar-refractivity contribution in [1.82, 2.24) is 0 Å². The Balaban J connectivity index is 1.72. The van der Waals surface area contributed by atoms with Crippen molar-refractivity contribution in [3.8, 4) is 0 Å². The van der Waals surface area contributed by atoms with E-state index in [1.54, 1.807) is 0 Å². The zero-order chi connectivity index (χ0) is 22.1. The molecule has 0 aromatic carbocycles. The Morgan fingerprint density at radius 3 is 2.77 bits per heavy atom. The fourth-order valence-electron chi connectivity index (χ4n) is 5.89. The second kappa shape index (κ2) is 9.13. The first-order chi connectivity index (χ1) is 14.0. The second-order valence-corrected chi connectivity index (χ2v) is 12.2. The van der Waals surface area contributed by atoms with Gasteiger partial charge in [0.05, 0.1) is 12.2 Å². The van der Waals surface area contributed by atoms with E-state index in [1.807, 2.05) is 0 Å². The van der Waals surface area contributed by atoms with Gasteiger partial charge in [0.2, 0.25) is 0 Å². The molecule has 30 heavy (non-hydrogen) atoms. The van der Waals surface area contributed by atoms with Crippen molar-refractivity contribution in [2.24, 2.45) is 17.3 Å². The first-order valence-corrected chi connectivity index (χ1v) is 13.4. The average Bonchev–Trinajstić information content (AvgIpc) is 3.00. The van der Waals surface area contributed by atoms with Gasteiger partial charge in [-0.1, -0.05) is 49.8 Å². The Bertz CT molecular complexity index is 864. The van der Waals surface area contributed by atoms with Crippen molar-refractivity contribution in [3.63, 3.8) is 0 Å². The molecule has 0 unspecified atom stereocenters. The minimum Gasteiger partial charge on any atom is -0.393 e. The van der Waals surface area contributed by atoms with E-state index < -0.39 is 22.0 Å². The molecule has 2 saturated carbocycles. The molecule has 0 radical (unpaired) electrons. The molecule has 0 saturated heterocycles. The average molecular weight is 435 g/mol. The van der Waals surface area contributed by atoms with Crippen LogP contribution in [0.2, 0.25) is 0 Å². The van der Waals surface area contributed by atoms with E-state index in [9.17, 15) is 18.6 Å². The molecule has 0 aromatic rings. The summed E-state index contributed by atoms with van der Waals surface area (Å²) in [5.74, 6) is 1.16. The number of aliphatic hydroxyl groups is 2. The molecule has 3 aliphatic rings. The molecule has 0 aromatic heterocycles. The van der Waals surface area contributed by atoms with Crippen LogP contribution in [0, 0.1) is 17.3 Å². The lowest BCUT2D eigenvalue weighted by Gasteiger charge is -2.42. The van der Waals surface area contributed by atoms with E-state index in [0.29, 0.717) is 24.7 Å². The highest BCUT2D eigenvalue weighted by Gasteiger charge is 2.45. The molecule has 2 N–H and O–H groups in total. The van der Waals surface area contributed by atoms with Crippen LogP contribution < -0.4 is 0 Å². The normalized spacial score (nSPS) is 36.1. The topological polar surface area (TPSA) is 74.6 Å². The number of aliphatic hydroxyl groups excluding tert-OH is 2. The minimum atomic E-state index is -2.90. The van der Waals surface area contributed by atoms with Gasteiger partial charge in [0.15, 0.2) is 0 Å². The maximum absolute atomic E-state index is 11.5. The maximum atomic E-state index is 11.5. The zero-order valence-corrected chi connectivity index (χ0v) is 19.5. The zero-order valence-electron chi connectivity index (χ0n) is 18.7. The van der Waals surface area contributed by atoms with E-state index in [0.717, 1.165) is 43.3 Å². The van der Waals surface area contributed by atoms with Crippen LogP contribution in [0.15, 0.2) is 47.1 Å². The molecule has 0 heterocycles. The molecular weight excluding hydrogens is 396 g/mol. The summed E-state index contributed by atoms with van der Waals surface area (Å²) in [6, 6.07) is 0. The number of hydrogen-bond donors (Lipinski definition) is 2. The van der Waals surface area contributed by atoms with E-state index in [1.165, 1.54) is 23.8 Å². The Morgan fingerprint density at radius 2 is 2.07 bits per heavy atom. The predicted octanol–water partition coefficient (Wildman–Crippen LogP) is 4.51. The monoisotopic (exact) mass is 434 g/mol. The number of fused-ring (bicyclic) bond motifs is 1. The lowest BCUT2D eigenvalue weighted by molar-refractivity contribution is 0.0862. The van der Waals surface area contributed by atoms with Crippen LogP contribution >= 0.6 is 0 Å². The van der Waals surface area contributed by atoms with Crippen molar-refractivity contribution in [1.29, 1.82) is 0 Å². The summed E-state index contributed by atoms with van der Waals surface area (Å²) in [6.45, 7) is 8.66. The highest BCUT2D eigenvalue weighted by atomic mass is 32.2. The molecule has 5 atom stereocenters. The van der Waals surface area contributed by atoms with Crippen molar-refractivity contribution in [2.45, 2.75) is 77.4 Å². The summed E-state index contributed by atoms with van der Waals surface area (Å²) in [5.41, 5.74) is 4.80. The summed E-state index contributed by atoms with van der Waals surface area (Å²) >= 11 is 0. The molecule has 0 amide bonds. The maximum Gasteiger partial charge on any atom is 0.147 e. The van der Waals surface area contributed by atoms with Gasteiger partial charge in [0.1, 0.15) is 9.84 Å². The molecule has 3 aliphatic carbocycles. The van der Waals surface area contributed by atoms with Gasteiger partial charge in [-0.25, -0.2) is 8.42 Å². The molecule has 168 valence electrons. The van der Waals surface area contributed by atoms with Gasteiger partial charge >= 0.3 is 0 Å².